The summed E-state index contributed by atoms with van der Waals surface area (Å²) in [5.41, 5.74) is 0.781. The third kappa shape index (κ3) is 2.52. The number of halogens is 2. The fraction of sp³-hybridized carbons (Fsp3) is 0.600. The van der Waals surface area contributed by atoms with Crippen LogP contribution < -0.4 is 5.32 Å². The number of rotatable bonds is 3. The summed E-state index contributed by atoms with van der Waals surface area (Å²) in [6.45, 7) is 3.82. The molecule has 1 heterocycles. The summed E-state index contributed by atoms with van der Waals surface area (Å²) in [5.74, 6) is -0.0942. The zero-order valence-electron chi connectivity index (χ0n) is 11.4. The molecule has 1 saturated heterocycles. The van der Waals surface area contributed by atoms with Crippen molar-refractivity contribution in [3.05, 3.63) is 28.5 Å². The van der Waals surface area contributed by atoms with Gasteiger partial charge in [-0.1, -0.05) is 24.1 Å². The van der Waals surface area contributed by atoms with Crippen molar-refractivity contribution in [1.29, 1.82) is 0 Å². The summed E-state index contributed by atoms with van der Waals surface area (Å²) >= 11 is 5.88. The smallest absolute Gasteiger partial charge is 0.145 e. The lowest BCUT2D eigenvalue weighted by molar-refractivity contribution is 0.0819. The molecule has 5 heteroatoms. The van der Waals surface area contributed by atoms with Gasteiger partial charge in [-0.15, -0.1) is 0 Å². The van der Waals surface area contributed by atoms with Gasteiger partial charge in [-0.3, -0.25) is 4.90 Å². The maximum absolute atomic E-state index is 13.4. The first-order valence-electron chi connectivity index (χ1n) is 7.30. The van der Waals surface area contributed by atoms with Gasteiger partial charge in [0.1, 0.15) is 16.6 Å². The van der Waals surface area contributed by atoms with E-state index in [-0.39, 0.29) is 16.8 Å². The minimum absolute atomic E-state index is 0.0814. The highest BCUT2D eigenvalue weighted by Crippen LogP contribution is 2.45. The molecule has 0 bridgehead atoms. The lowest BCUT2D eigenvalue weighted by Crippen LogP contribution is -2.47. The Labute approximate surface area is 123 Å². The second-order valence-electron chi connectivity index (χ2n) is 5.72. The Hall–Kier alpha value is -0.840. The molecular formula is C15H20ClFN2O. The Morgan fingerprint density at radius 2 is 2.00 bits per heavy atom. The third-order valence-electron chi connectivity index (χ3n) is 4.56. The molecular weight excluding hydrogens is 279 g/mol. The molecule has 1 aromatic carbocycles. The highest BCUT2D eigenvalue weighted by atomic mass is 35.5. The first kappa shape index (κ1) is 14.1. The van der Waals surface area contributed by atoms with Gasteiger partial charge < -0.3 is 10.4 Å². The number of phenolic OH excluding ortho intramolecular Hbond substituents is 1. The van der Waals surface area contributed by atoms with Crippen molar-refractivity contribution in [3.63, 3.8) is 0 Å². The monoisotopic (exact) mass is 298 g/mol. The van der Waals surface area contributed by atoms with E-state index < -0.39 is 5.82 Å². The van der Waals surface area contributed by atoms with Crippen molar-refractivity contribution in [3.8, 4) is 5.75 Å². The molecule has 20 heavy (non-hydrogen) atoms. The van der Waals surface area contributed by atoms with E-state index in [0.29, 0.717) is 5.92 Å². The van der Waals surface area contributed by atoms with E-state index >= 15 is 0 Å². The number of phenols is 1. The molecule has 3 nitrogen and oxygen atoms in total. The molecule has 110 valence electrons. The zero-order valence-corrected chi connectivity index (χ0v) is 12.2. The van der Waals surface area contributed by atoms with Crippen molar-refractivity contribution in [2.75, 3.05) is 26.2 Å². The number of nitrogens with one attached hydrogen (secondary N) is 1. The second-order valence-corrected chi connectivity index (χ2v) is 6.10. The minimum Gasteiger partial charge on any atom is -0.506 e. The van der Waals surface area contributed by atoms with Gasteiger partial charge in [0.05, 0.1) is 0 Å². The Balaban J connectivity index is 1.94. The van der Waals surface area contributed by atoms with Gasteiger partial charge in [0.2, 0.25) is 0 Å². The van der Waals surface area contributed by atoms with Crippen LogP contribution in [0.4, 0.5) is 4.39 Å². The summed E-state index contributed by atoms with van der Waals surface area (Å²) in [5, 5.41) is 13.4. The number of aromatic hydroxyl groups is 1. The Kier molecular flexibility index (Phi) is 4.15. The average molecular weight is 299 g/mol. The molecule has 1 aliphatic carbocycles. The van der Waals surface area contributed by atoms with Gasteiger partial charge in [-0.25, -0.2) is 4.39 Å². The number of piperazine rings is 1. The SMILES string of the molecule is Oc1c([C@@H](C2CCC2)N2CCNCC2)ccc(F)c1Cl. The van der Waals surface area contributed by atoms with E-state index in [1.54, 1.807) is 6.07 Å². The maximum Gasteiger partial charge on any atom is 0.145 e. The highest BCUT2D eigenvalue weighted by Gasteiger charge is 2.35. The van der Waals surface area contributed by atoms with Crippen molar-refractivity contribution in [2.24, 2.45) is 5.92 Å². The quantitative estimate of drug-likeness (QED) is 0.900. The van der Waals surface area contributed by atoms with Crippen LogP contribution >= 0.6 is 11.6 Å². The summed E-state index contributed by atoms with van der Waals surface area (Å²) in [6, 6.07) is 3.22. The van der Waals surface area contributed by atoms with Gasteiger partial charge >= 0.3 is 0 Å². The number of benzene rings is 1. The topological polar surface area (TPSA) is 35.5 Å². The normalized spacial score (nSPS) is 22.5. The van der Waals surface area contributed by atoms with Gasteiger partial charge in [0.25, 0.3) is 0 Å². The number of hydrogen-bond acceptors (Lipinski definition) is 3. The molecule has 2 fully saturated rings. The lowest BCUT2D eigenvalue weighted by atomic mass is 9.76. The molecule has 0 amide bonds. The summed E-state index contributed by atoms with van der Waals surface area (Å²) in [4.78, 5) is 2.39. The van der Waals surface area contributed by atoms with Crippen LogP contribution in [-0.4, -0.2) is 36.2 Å². The van der Waals surface area contributed by atoms with E-state index in [4.69, 9.17) is 11.6 Å². The Bertz CT molecular complexity index is 487. The molecule has 0 spiro atoms. The minimum atomic E-state index is -0.555. The second kappa shape index (κ2) is 5.88. The standard InChI is InChI=1S/C15H20ClFN2O/c16-13-12(17)5-4-11(15(13)20)14(10-2-1-3-10)19-8-6-18-7-9-19/h4-5,10,14,18,20H,1-3,6-9H2/t14-/m1/s1. The first-order valence-corrected chi connectivity index (χ1v) is 7.68. The summed E-state index contributed by atoms with van der Waals surface area (Å²) in [7, 11) is 0. The van der Waals surface area contributed by atoms with Crippen LogP contribution in [0.15, 0.2) is 12.1 Å². The van der Waals surface area contributed by atoms with E-state index in [9.17, 15) is 9.50 Å². The van der Waals surface area contributed by atoms with Crippen LogP contribution in [0, 0.1) is 11.7 Å². The molecule has 1 saturated carbocycles. The third-order valence-corrected chi connectivity index (χ3v) is 4.92. The molecule has 0 aromatic heterocycles. The van der Waals surface area contributed by atoms with Crippen LogP contribution in [0.1, 0.15) is 30.9 Å². The Morgan fingerprint density at radius 3 is 2.60 bits per heavy atom. The number of nitrogens with zero attached hydrogens (tertiary/aromatic N) is 1. The molecule has 3 rings (SSSR count). The predicted molar refractivity (Wildman–Crippen MR) is 77.6 cm³/mol. The molecule has 2 N–H and O–H groups in total. The van der Waals surface area contributed by atoms with Crippen molar-refractivity contribution >= 4 is 11.6 Å². The average Bonchev–Trinajstić information content (AvgIpc) is 2.42. The fourth-order valence-electron chi connectivity index (χ4n) is 3.26. The zero-order chi connectivity index (χ0) is 14.1. The van der Waals surface area contributed by atoms with Crippen molar-refractivity contribution in [1.82, 2.24) is 10.2 Å². The Morgan fingerprint density at radius 1 is 1.30 bits per heavy atom. The van der Waals surface area contributed by atoms with Crippen LogP contribution in [-0.2, 0) is 0 Å². The highest BCUT2D eigenvalue weighted by molar-refractivity contribution is 6.32. The van der Waals surface area contributed by atoms with Crippen molar-refractivity contribution < 1.29 is 9.50 Å². The van der Waals surface area contributed by atoms with E-state index in [1.807, 2.05) is 0 Å². The molecule has 0 radical (unpaired) electrons. The van der Waals surface area contributed by atoms with E-state index in [0.717, 1.165) is 31.7 Å². The lowest BCUT2D eigenvalue weighted by Gasteiger charge is -2.43. The first-order chi connectivity index (χ1) is 9.68. The van der Waals surface area contributed by atoms with E-state index in [2.05, 4.69) is 10.2 Å². The molecule has 1 aliphatic heterocycles. The summed E-state index contributed by atoms with van der Waals surface area (Å²) < 4.78 is 13.4. The van der Waals surface area contributed by atoms with Gasteiger partial charge in [-0.2, -0.15) is 0 Å². The van der Waals surface area contributed by atoms with Crippen molar-refractivity contribution in [2.45, 2.75) is 25.3 Å². The van der Waals surface area contributed by atoms with Crippen LogP contribution in [0.2, 0.25) is 5.02 Å². The summed E-state index contributed by atoms with van der Waals surface area (Å²) in [6.07, 6.45) is 3.58. The largest absolute Gasteiger partial charge is 0.506 e. The van der Waals surface area contributed by atoms with Crippen LogP contribution in [0.5, 0.6) is 5.75 Å². The maximum atomic E-state index is 13.4. The van der Waals surface area contributed by atoms with E-state index in [1.165, 1.54) is 25.3 Å². The molecule has 1 aromatic rings. The van der Waals surface area contributed by atoms with Gasteiger partial charge in [0.15, 0.2) is 0 Å². The van der Waals surface area contributed by atoms with Gasteiger partial charge in [0, 0.05) is 37.8 Å². The molecule has 2 aliphatic rings. The fourth-order valence-corrected chi connectivity index (χ4v) is 3.43. The number of hydrogen-bond donors (Lipinski definition) is 2. The molecule has 0 unspecified atom stereocenters. The predicted octanol–water partition coefficient (Wildman–Crippen LogP) is 2.93. The molecule has 1 atom stereocenters. The van der Waals surface area contributed by atoms with Gasteiger partial charge in [-0.05, 0) is 24.8 Å². The van der Waals surface area contributed by atoms with Crippen LogP contribution in [0.25, 0.3) is 0 Å². The van der Waals surface area contributed by atoms with Crippen LogP contribution in [0.3, 0.4) is 0 Å².